The highest BCUT2D eigenvalue weighted by atomic mass is 32.2. The van der Waals surface area contributed by atoms with E-state index in [0.29, 0.717) is 11.1 Å². The fourth-order valence-electron chi connectivity index (χ4n) is 2.11. The third-order valence-corrected chi connectivity index (χ3v) is 3.50. The van der Waals surface area contributed by atoms with Crippen LogP contribution < -0.4 is 9.61 Å². The van der Waals surface area contributed by atoms with Gasteiger partial charge in [0.15, 0.2) is 5.43 Å². The van der Waals surface area contributed by atoms with Crippen LogP contribution in [-0.2, 0) is 10.1 Å². The van der Waals surface area contributed by atoms with E-state index in [2.05, 4.69) is 0 Å². The molecule has 0 spiro atoms. The Hall–Kier alpha value is -2.60. The number of rotatable bonds is 3. The first-order valence-electron chi connectivity index (χ1n) is 6.45. The van der Waals surface area contributed by atoms with Gasteiger partial charge >= 0.3 is 10.1 Å². The van der Waals surface area contributed by atoms with Crippen molar-refractivity contribution < 1.29 is 17.0 Å². The van der Waals surface area contributed by atoms with Crippen LogP contribution in [0.25, 0.3) is 22.3 Å². The Bertz CT molecular complexity index is 988. The molecule has 0 aliphatic rings. The molecule has 0 bridgehead atoms. The van der Waals surface area contributed by atoms with Crippen LogP contribution in [0.15, 0.2) is 63.8 Å². The van der Waals surface area contributed by atoms with Crippen molar-refractivity contribution in [1.82, 2.24) is 0 Å². The van der Waals surface area contributed by atoms with Gasteiger partial charge in [-0.25, -0.2) is 0 Å². The topological polar surface area (TPSA) is 73.6 Å². The van der Waals surface area contributed by atoms with Gasteiger partial charge in [-0.15, -0.1) is 0 Å². The van der Waals surface area contributed by atoms with E-state index in [4.69, 9.17) is 8.60 Å². The lowest BCUT2D eigenvalue weighted by Crippen LogP contribution is -2.06. The van der Waals surface area contributed by atoms with Crippen molar-refractivity contribution in [3.63, 3.8) is 0 Å². The third kappa shape index (κ3) is 3.01. The lowest BCUT2D eigenvalue weighted by atomic mass is 10.1. The largest absolute Gasteiger partial charge is 0.456 e. The molecule has 0 N–H and O–H groups in total. The van der Waals surface area contributed by atoms with E-state index in [9.17, 15) is 13.2 Å². The van der Waals surface area contributed by atoms with Crippen molar-refractivity contribution in [2.75, 3.05) is 6.26 Å². The van der Waals surface area contributed by atoms with Crippen LogP contribution in [0.5, 0.6) is 5.75 Å². The zero-order valence-electron chi connectivity index (χ0n) is 11.6. The van der Waals surface area contributed by atoms with Crippen LogP contribution in [0.3, 0.4) is 0 Å². The van der Waals surface area contributed by atoms with Crippen LogP contribution in [0, 0.1) is 0 Å². The van der Waals surface area contributed by atoms with E-state index in [-0.39, 0.29) is 16.8 Å². The Morgan fingerprint density at radius 3 is 2.41 bits per heavy atom. The van der Waals surface area contributed by atoms with Gasteiger partial charge in [-0.05, 0) is 12.1 Å². The molecule has 3 rings (SSSR count). The average molecular weight is 316 g/mol. The molecule has 112 valence electrons. The molecule has 0 atom stereocenters. The lowest BCUT2D eigenvalue weighted by molar-refractivity contribution is 0.492. The first kappa shape index (κ1) is 14.3. The van der Waals surface area contributed by atoms with Gasteiger partial charge in [0.05, 0.1) is 11.6 Å². The van der Waals surface area contributed by atoms with Gasteiger partial charge < -0.3 is 8.60 Å². The van der Waals surface area contributed by atoms with Crippen LogP contribution in [-0.4, -0.2) is 14.7 Å². The average Bonchev–Trinajstić information content (AvgIpc) is 2.46. The Balaban J connectivity index is 2.17. The SMILES string of the molecule is CS(=O)(=O)Oc1ccc2c(=O)cc(-c3ccccc3)oc2c1. The molecule has 1 heterocycles. The standard InChI is InChI=1S/C16H12O5S/c1-22(18,19)21-12-7-8-13-14(17)10-15(20-16(13)9-12)11-5-3-2-4-6-11/h2-10H,1H3. The van der Waals surface area contributed by atoms with Crippen molar-refractivity contribution in [3.8, 4) is 17.1 Å². The molecule has 1 aromatic heterocycles. The molecule has 0 fully saturated rings. The van der Waals surface area contributed by atoms with E-state index in [1.807, 2.05) is 30.3 Å². The molecular weight excluding hydrogens is 304 g/mol. The van der Waals surface area contributed by atoms with Crippen LogP contribution in [0.1, 0.15) is 0 Å². The molecule has 0 amide bonds. The quantitative estimate of drug-likeness (QED) is 0.695. The predicted octanol–water partition coefficient (Wildman–Crippen LogP) is 2.80. The fraction of sp³-hybridized carbons (Fsp3) is 0.0625. The minimum Gasteiger partial charge on any atom is -0.456 e. The van der Waals surface area contributed by atoms with E-state index in [1.165, 1.54) is 24.3 Å². The summed E-state index contributed by atoms with van der Waals surface area (Å²) >= 11 is 0. The summed E-state index contributed by atoms with van der Waals surface area (Å²) in [6.07, 6.45) is 0.952. The summed E-state index contributed by atoms with van der Waals surface area (Å²) in [6.45, 7) is 0. The van der Waals surface area contributed by atoms with Crippen molar-refractivity contribution in [1.29, 1.82) is 0 Å². The lowest BCUT2D eigenvalue weighted by Gasteiger charge is -2.06. The van der Waals surface area contributed by atoms with Gasteiger partial charge in [-0.3, -0.25) is 4.79 Å². The highest BCUT2D eigenvalue weighted by Gasteiger charge is 2.10. The highest BCUT2D eigenvalue weighted by molar-refractivity contribution is 7.86. The molecule has 3 aromatic rings. The summed E-state index contributed by atoms with van der Waals surface area (Å²) < 4.78 is 32.9. The number of hydrogen-bond donors (Lipinski definition) is 0. The summed E-state index contributed by atoms with van der Waals surface area (Å²) in [4.78, 5) is 12.2. The zero-order valence-corrected chi connectivity index (χ0v) is 12.5. The zero-order chi connectivity index (χ0) is 15.7. The Kier molecular flexibility index (Phi) is 3.46. The van der Waals surface area contributed by atoms with Gasteiger partial charge in [0.25, 0.3) is 0 Å². The second-order valence-corrected chi connectivity index (χ2v) is 6.36. The maximum Gasteiger partial charge on any atom is 0.306 e. The van der Waals surface area contributed by atoms with Crippen molar-refractivity contribution in [2.45, 2.75) is 0 Å². The molecule has 0 unspecified atom stereocenters. The van der Waals surface area contributed by atoms with Crippen molar-refractivity contribution in [3.05, 3.63) is 64.8 Å². The van der Waals surface area contributed by atoms with Crippen LogP contribution in [0.2, 0.25) is 0 Å². The molecule has 5 nitrogen and oxygen atoms in total. The van der Waals surface area contributed by atoms with Gasteiger partial charge in [0, 0.05) is 17.7 Å². The highest BCUT2D eigenvalue weighted by Crippen LogP contribution is 2.25. The van der Waals surface area contributed by atoms with E-state index in [1.54, 1.807) is 0 Å². The molecule has 0 radical (unpaired) electrons. The molecule has 6 heteroatoms. The first-order chi connectivity index (χ1) is 10.4. The van der Waals surface area contributed by atoms with Gasteiger partial charge in [-0.2, -0.15) is 8.42 Å². The molecular formula is C16H12O5S. The van der Waals surface area contributed by atoms with Crippen LogP contribution in [0.4, 0.5) is 0 Å². The minimum atomic E-state index is -3.64. The van der Waals surface area contributed by atoms with Gasteiger partial charge in [0.2, 0.25) is 0 Å². The minimum absolute atomic E-state index is 0.100. The number of hydrogen-bond acceptors (Lipinski definition) is 5. The normalized spacial score (nSPS) is 11.5. The van der Waals surface area contributed by atoms with Gasteiger partial charge in [0.1, 0.15) is 17.1 Å². The smallest absolute Gasteiger partial charge is 0.306 e. The summed E-state index contributed by atoms with van der Waals surface area (Å²) in [5, 5.41) is 0.362. The number of benzene rings is 2. The second-order valence-electron chi connectivity index (χ2n) is 4.79. The third-order valence-electron chi connectivity index (χ3n) is 3.01. The monoisotopic (exact) mass is 316 g/mol. The Morgan fingerprint density at radius 2 is 1.73 bits per heavy atom. The summed E-state index contributed by atoms with van der Waals surface area (Å²) in [7, 11) is -3.64. The fourth-order valence-corrected chi connectivity index (χ4v) is 2.56. The summed E-state index contributed by atoms with van der Waals surface area (Å²) in [6, 6.07) is 14.9. The van der Waals surface area contributed by atoms with E-state index in [0.717, 1.165) is 11.8 Å². The molecule has 0 saturated carbocycles. The molecule has 0 aliphatic carbocycles. The first-order valence-corrected chi connectivity index (χ1v) is 8.27. The van der Waals surface area contributed by atoms with E-state index >= 15 is 0 Å². The molecule has 0 aliphatic heterocycles. The van der Waals surface area contributed by atoms with E-state index < -0.39 is 10.1 Å². The molecule has 22 heavy (non-hydrogen) atoms. The van der Waals surface area contributed by atoms with Crippen LogP contribution >= 0.6 is 0 Å². The van der Waals surface area contributed by atoms with Crippen molar-refractivity contribution >= 4 is 21.1 Å². The summed E-state index contributed by atoms with van der Waals surface area (Å²) in [5.41, 5.74) is 0.828. The Morgan fingerprint density at radius 1 is 1.00 bits per heavy atom. The molecule has 2 aromatic carbocycles. The summed E-state index contributed by atoms with van der Waals surface area (Å²) in [5.74, 6) is 0.512. The Labute approximate surface area is 126 Å². The predicted molar refractivity (Wildman–Crippen MR) is 83.4 cm³/mol. The molecule has 0 saturated heterocycles. The van der Waals surface area contributed by atoms with Gasteiger partial charge in [-0.1, -0.05) is 30.3 Å². The maximum atomic E-state index is 12.2. The number of fused-ring (bicyclic) bond motifs is 1. The maximum absolute atomic E-state index is 12.2. The van der Waals surface area contributed by atoms with Crippen molar-refractivity contribution in [2.24, 2.45) is 0 Å². The second kappa shape index (κ2) is 5.31.